The Hall–Kier alpha value is 0.177. The van der Waals surface area contributed by atoms with E-state index >= 15 is 0 Å². The Balaban J connectivity index is 4.00. The number of rotatable bonds is 18. The van der Waals surface area contributed by atoms with E-state index in [-0.39, 0.29) is 0 Å². The van der Waals surface area contributed by atoms with E-state index < -0.39 is 8.32 Å². The monoisotopic (exact) mass is 342 g/mol. The first kappa shape index (κ1) is 23.2. The van der Waals surface area contributed by atoms with Crippen molar-refractivity contribution in [3.05, 3.63) is 0 Å². The summed E-state index contributed by atoms with van der Waals surface area (Å²) in [6, 6.07) is 3.54. The molecule has 0 bridgehead atoms. The lowest BCUT2D eigenvalue weighted by Gasteiger charge is -2.25. The van der Waals surface area contributed by atoms with E-state index in [1.165, 1.54) is 114 Å². The summed E-state index contributed by atoms with van der Waals surface area (Å²) in [7, 11) is -1.93. The summed E-state index contributed by atoms with van der Waals surface area (Å²) in [5, 5.41) is 0. The minimum Gasteiger partial charge on any atom is -0.432 e. The lowest BCUT2D eigenvalue weighted by atomic mass is 10.2. The lowest BCUT2D eigenvalue weighted by molar-refractivity contribution is 0.496. The van der Waals surface area contributed by atoms with Crippen molar-refractivity contribution in [3.63, 3.8) is 0 Å². The molecule has 0 spiro atoms. The van der Waals surface area contributed by atoms with E-state index in [2.05, 4.69) is 20.8 Å². The van der Waals surface area contributed by atoms with Crippen molar-refractivity contribution in [1.29, 1.82) is 0 Å². The fourth-order valence-corrected chi connectivity index (χ4v) is 7.02. The van der Waals surface area contributed by atoms with Crippen LogP contribution >= 0.6 is 0 Å². The van der Waals surface area contributed by atoms with Gasteiger partial charge in [0.05, 0.1) is 0 Å². The Labute approximate surface area is 148 Å². The molecule has 0 aliphatic heterocycles. The number of unbranched alkanes of at least 4 members (excludes halogenated alkanes) is 12. The van der Waals surface area contributed by atoms with E-state index in [1.807, 2.05) is 0 Å². The third kappa shape index (κ3) is 15.4. The van der Waals surface area contributed by atoms with Crippen molar-refractivity contribution in [1.82, 2.24) is 0 Å². The minimum atomic E-state index is -1.93. The summed E-state index contributed by atoms with van der Waals surface area (Å²) < 4.78 is 0. The van der Waals surface area contributed by atoms with Gasteiger partial charge in [0.1, 0.15) is 0 Å². The molecular weight excluding hydrogens is 296 g/mol. The molecule has 0 radical (unpaired) electrons. The second-order valence-corrected chi connectivity index (χ2v) is 11.7. The van der Waals surface area contributed by atoms with Crippen molar-refractivity contribution < 1.29 is 4.80 Å². The molecule has 0 saturated carbocycles. The van der Waals surface area contributed by atoms with Gasteiger partial charge < -0.3 is 4.80 Å². The van der Waals surface area contributed by atoms with Crippen LogP contribution in [-0.2, 0) is 0 Å². The van der Waals surface area contributed by atoms with Crippen molar-refractivity contribution in [2.75, 3.05) is 0 Å². The molecule has 0 aromatic rings. The van der Waals surface area contributed by atoms with Gasteiger partial charge >= 0.3 is 0 Å². The Morgan fingerprint density at radius 2 is 0.696 bits per heavy atom. The van der Waals surface area contributed by atoms with Crippen LogP contribution < -0.4 is 0 Å². The molecule has 0 aromatic carbocycles. The average Bonchev–Trinajstić information content (AvgIpc) is 2.54. The summed E-state index contributed by atoms with van der Waals surface area (Å²) >= 11 is 0. The topological polar surface area (TPSA) is 20.2 Å². The highest BCUT2D eigenvalue weighted by molar-refractivity contribution is 6.72. The molecule has 0 rings (SSSR count). The van der Waals surface area contributed by atoms with Crippen LogP contribution in [0.5, 0.6) is 0 Å². The second-order valence-electron chi connectivity index (χ2n) is 7.72. The van der Waals surface area contributed by atoms with Gasteiger partial charge in [-0.05, 0) is 18.1 Å². The van der Waals surface area contributed by atoms with E-state index in [0.29, 0.717) is 0 Å². The third-order valence-corrected chi connectivity index (χ3v) is 9.09. The fraction of sp³-hybridized carbons (Fsp3) is 1.00. The maximum Gasteiger partial charge on any atom is 0.188 e. The first-order valence-corrected chi connectivity index (χ1v) is 13.5. The molecule has 140 valence electrons. The van der Waals surface area contributed by atoms with Crippen molar-refractivity contribution >= 4 is 8.32 Å². The molecule has 1 N–H and O–H groups in total. The summed E-state index contributed by atoms with van der Waals surface area (Å²) in [6.07, 6.45) is 20.0. The van der Waals surface area contributed by atoms with Gasteiger partial charge in [0.2, 0.25) is 0 Å². The standard InChI is InChI=1S/C21H46OSi/c1-4-7-10-13-16-19-23(22,20-17-14-11-8-5-2)21-18-15-12-9-6-3/h22H,4-21H2,1-3H3. The van der Waals surface area contributed by atoms with Gasteiger partial charge in [-0.15, -0.1) is 0 Å². The van der Waals surface area contributed by atoms with E-state index in [4.69, 9.17) is 0 Å². The van der Waals surface area contributed by atoms with Crippen LogP contribution in [0.2, 0.25) is 18.1 Å². The quantitative estimate of drug-likeness (QED) is 0.199. The molecule has 0 heterocycles. The SMILES string of the molecule is CCCCCCC[Si](O)(CCCCCCC)CCCCCCC. The van der Waals surface area contributed by atoms with Crippen LogP contribution in [0, 0.1) is 0 Å². The maximum absolute atomic E-state index is 11.2. The highest BCUT2D eigenvalue weighted by atomic mass is 28.4. The first-order chi connectivity index (χ1) is 11.2. The molecule has 0 unspecified atom stereocenters. The lowest BCUT2D eigenvalue weighted by Crippen LogP contribution is -2.34. The van der Waals surface area contributed by atoms with Crippen LogP contribution in [-0.4, -0.2) is 13.1 Å². The summed E-state index contributed by atoms with van der Waals surface area (Å²) in [5.41, 5.74) is 0. The molecule has 0 aliphatic carbocycles. The van der Waals surface area contributed by atoms with E-state index in [0.717, 1.165) is 0 Å². The first-order valence-electron chi connectivity index (χ1n) is 10.9. The number of hydrogen-bond acceptors (Lipinski definition) is 1. The van der Waals surface area contributed by atoms with Crippen molar-refractivity contribution in [2.24, 2.45) is 0 Å². The zero-order valence-electron chi connectivity index (χ0n) is 16.7. The number of hydrogen-bond donors (Lipinski definition) is 1. The van der Waals surface area contributed by atoms with Crippen molar-refractivity contribution in [3.8, 4) is 0 Å². The maximum atomic E-state index is 11.2. The molecule has 0 amide bonds. The molecule has 0 aliphatic rings. The van der Waals surface area contributed by atoms with E-state index in [9.17, 15) is 4.80 Å². The van der Waals surface area contributed by atoms with Gasteiger partial charge in [0.25, 0.3) is 0 Å². The normalized spacial score (nSPS) is 12.0. The molecule has 23 heavy (non-hydrogen) atoms. The predicted molar refractivity (Wildman–Crippen MR) is 109 cm³/mol. The molecule has 0 fully saturated rings. The molecule has 0 aromatic heterocycles. The second kappa shape index (κ2) is 17.0. The van der Waals surface area contributed by atoms with E-state index in [1.54, 1.807) is 0 Å². The van der Waals surface area contributed by atoms with Gasteiger partial charge in [-0.25, -0.2) is 0 Å². The Morgan fingerprint density at radius 3 is 0.957 bits per heavy atom. The Bertz CT molecular complexity index is 194. The summed E-state index contributed by atoms with van der Waals surface area (Å²) in [5.74, 6) is 0. The third-order valence-electron chi connectivity index (χ3n) is 5.24. The molecule has 2 heteroatoms. The van der Waals surface area contributed by atoms with Crippen LogP contribution in [0.25, 0.3) is 0 Å². The van der Waals surface area contributed by atoms with Gasteiger partial charge in [-0.1, -0.05) is 117 Å². The Kier molecular flexibility index (Phi) is 17.1. The zero-order valence-corrected chi connectivity index (χ0v) is 17.7. The largest absolute Gasteiger partial charge is 0.432 e. The molecule has 0 saturated heterocycles. The van der Waals surface area contributed by atoms with Gasteiger partial charge in [0, 0.05) is 0 Å². The predicted octanol–water partition coefficient (Wildman–Crippen LogP) is 7.84. The van der Waals surface area contributed by atoms with Crippen LogP contribution in [0.1, 0.15) is 117 Å². The fourth-order valence-electron chi connectivity index (χ4n) is 3.55. The molecule has 1 nitrogen and oxygen atoms in total. The molecule has 0 atom stereocenters. The van der Waals surface area contributed by atoms with Crippen LogP contribution in [0.4, 0.5) is 0 Å². The zero-order chi connectivity index (χ0) is 17.2. The van der Waals surface area contributed by atoms with Crippen LogP contribution in [0.3, 0.4) is 0 Å². The summed E-state index contributed by atoms with van der Waals surface area (Å²) in [4.78, 5) is 11.2. The highest BCUT2D eigenvalue weighted by Gasteiger charge is 2.28. The smallest absolute Gasteiger partial charge is 0.188 e. The van der Waals surface area contributed by atoms with Gasteiger partial charge in [-0.2, -0.15) is 0 Å². The average molecular weight is 343 g/mol. The Morgan fingerprint density at radius 1 is 0.435 bits per heavy atom. The minimum absolute atomic E-state index is 1.18. The summed E-state index contributed by atoms with van der Waals surface area (Å²) in [6.45, 7) is 6.83. The molecular formula is C21H46OSi. The van der Waals surface area contributed by atoms with Gasteiger partial charge in [-0.3, -0.25) is 0 Å². The highest BCUT2D eigenvalue weighted by Crippen LogP contribution is 2.27. The van der Waals surface area contributed by atoms with Crippen molar-refractivity contribution in [2.45, 2.75) is 135 Å². The van der Waals surface area contributed by atoms with Gasteiger partial charge in [0.15, 0.2) is 8.32 Å². The van der Waals surface area contributed by atoms with Crippen LogP contribution in [0.15, 0.2) is 0 Å².